The van der Waals surface area contributed by atoms with Crippen LogP contribution in [0, 0.1) is 11.3 Å². The molecule has 0 spiro atoms. The second kappa shape index (κ2) is 8.03. The van der Waals surface area contributed by atoms with Gasteiger partial charge in [0.05, 0.1) is 25.4 Å². The molecule has 0 aromatic heterocycles. The molecule has 1 aliphatic heterocycles. The van der Waals surface area contributed by atoms with E-state index in [-0.39, 0.29) is 30.1 Å². The molecule has 0 amide bonds. The summed E-state index contributed by atoms with van der Waals surface area (Å²) in [6.07, 6.45) is 6.68. The topological polar surface area (TPSA) is 71.1 Å². The summed E-state index contributed by atoms with van der Waals surface area (Å²) < 4.78 is 22.1. The summed E-state index contributed by atoms with van der Waals surface area (Å²) in [6.45, 7) is 12.1. The largest absolute Gasteiger partial charge is 0.468 e. The van der Waals surface area contributed by atoms with Crippen molar-refractivity contribution in [2.45, 2.75) is 71.4 Å². The van der Waals surface area contributed by atoms with Gasteiger partial charge in [-0.1, -0.05) is 30.7 Å². The fourth-order valence-corrected chi connectivity index (χ4v) is 3.85. The molecule has 2 unspecified atom stereocenters. The zero-order chi connectivity index (χ0) is 21.3. The molecule has 2 fully saturated rings. The van der Waals surface area contributed by atoms with Crippen LogP contribution in [0.3, 0.4) is 0 Å². The van der Waals surface area contributed by atoms with Crippen molar-refractivity contribution in [1.82, 2.24) is 0 Å². The van der Waals surface area contributed by atoms with E-state index < -0.39 is 17.4 Å². The van der Waals surface area contributed by atoms with Crippen molar-refractivity contribution in [1.29, 1.82) is 0 Å². The quantitative estimate of drug-likeness (QED) is 0.307. The van der Waals surface area contributed by atoms with Gasteiger partial charge in [0.1, 0.15) is 0 Å². The van der Waals surface area contributed by atoms with Gasteiger partial charge in [-0.25, -0.2) is 0 Å². The third-order valence-corrected chi connectivity index (χ3v) is 6.42. The number of ether oxygens (including phenoxy) is 2. The molecular weight excluding hydrogens is 359 g/mol. The van der Waals surface area contributed by atoms with E-state index in [0.717, 1.165) is 5.57 Å². The molecule has 0 radical (unpaired) electrons. The van der Waals surface area contributed by atoms with Gasteiger partial charge in [0.15, 0.2) is 5.41 Å². The number of hydrogen-bond acceptors (Lipinski definition) is 6. The maximum Gasteiger partial charge on any atom is 0.464 e. The van der Waals surface area contributed by atoms with E-state index in [0.29, 0.717) is 12.8 Å². The fourth-order valence-electron chi connectivity index (χ4n) is 3.85. The first kappa shape index (κ1) is 22.7. The molecule has 1 saturated carbocycles. The van der Waals surface area contributed by atoms with Gasteiger partial charge in [-0.2, -0.15) is 0 Å². The molecule has 0 N–H and O–H groups in total. The van der Waals surface area contributed by atoms with Gasteiger partial charge < -0.3 is 18.8 Å². The number of rotatable bonds is 5. The second-order valence-electron chi connectivity index (χ2n) is 8.78. The van der Waals surface area contributed by atoms with Crippen molar-refractivity contribution in [3.8, 4) is 0 Å². The van der Waals surface area contributed by atoms with Gasteiger partial charge in [0, 0.05) is 5.82 Å². The lowest BCUT2D eigenvalue weighted by molar-refractivity contribution is -0.168. The molecule has 6 nitrogen and oxygen atoms in total. The van der Waals surface area contributed by atoms with Crippen LogP contribution in [-0.4, -0.2) is 44.5 Å². The number of carbonyl (C=O) groups is 2. The third kappa shape index (κ3) is 3.92. The maximum atomic E-state index is 12.4. The Kier molecular flexibility index (Phi) is 6.51. The Morgan fingerprint density at radius 3 is 2.04 bits per heavy atom. The van der Waals surface area contributed by atoms with E-state index in [1.807, 2.05) is 59.8 Å². The minimum atomic E-state index is -1.28. The number of methoxy groups -OCH3 is 2. The van der Waals surface area contributed by atoms with Gasteiger partial charge in [0.2, 0.25) is 0 Å². The Morgan fingerprint density at radius 2 is 1.61 bits per heavy atom. The zero-order valence-electron chi connectivity index (χ0n) is 18.3. The summed E-state index contributed by atoms with van der Waals surface area (Å²) in [5.41, 5.74) is -1.03. The Balaban J connectivity index is 2.19. The molecule has 0 bridgehead atoms. The molecule has 2 rings (SSSR count). The molecule has 2 aliphatic rings. The van der Waals surface area contributed by atoms with Crippen LogP contribution in [0.15, 0.2) is 23.8 Å². The Labute approximate surface area is 168 Å². The van der Waals surface area contributed by atoms with Crippen molar-refractivity contribution in [2.75, 3.05) is 14.2 Å². The lowest BCUT2D eigenvalue weighted by atomic mass is 9.72. The Hall–Kier alpha value is -1.60. The van der Waals surface area contributed by atoms with E-state index >= 15 is 0 Å². The molecule has 156 valence electrons. The highest BCUT2D eigenvalue weighted by atomic mass is 16.7. The molecule has 0 aromatic carbocycles. The second-order valence-corrected chi connectivity index (χ2v) is 8.78. The standard InChI is InChI=1S/C21H33BO6/c1-9-15-12-21(17(23)25-7,18(24)26-8)13-16(15)11-10-14(2)22-27-19(3,4)20(5,6)28-22/h9-11,14,16H,12-13H2,1-8H3/b11-10+,15-9+. The van der Waals surface area contributed by atoms with Crippen LogP contribution in [0.25, 0.3) is 0 Å². The normalized spacial score (nSPS) is 27.9. The highest BCUT2D eigenvalue weighted by molar-refractivity contribution is 6.48. The van der Waals surface area contributed by atoms with Crippen LogP contribution in [-0.2, 0) is 28.4 Å². The van der Waals surface area contributed by atoms with Crippen molar-refractivity contribution in [3.05, 3.63) is 23.8 Å². The average molecular weight is 392 g/mol. The van der Waals surface area contributed by atoms with Crippen LogP contribution in [0.1, 0.15) is 54.4 Å². The first-order chi connectivity index (χ1) is 12.9. The van der Waals surface area contributed by atoms with Crippen molar-refractivity contribution >= 4 is 19.1 Å². The molecule has 0 aromatic rings. The van der Waals surface area contributed by atoms with Crippen molar-refractivity contribution < 1.29 is 28.4 Å². The molecular formula is C21H33BO6. The van der Waals surface area contributed by atoms with E-state index in [2.05, 4.69) is 0 Å². The van der Waals surface area contributed by atoms with Crippen LogP contribution in [0.5, 0.6) is 0 Å². The minimum Gasteiger partial charge on any atom is -0.468 e. The monoisotopic (exact) mass is 392 g/mol. The number of hydrogen-bond donors (Lipinski definition) is 0. The molecule has 1 saturated heterocycles. The Morgan fingerprint density at radius 1 is 1.11 bits per heavy atom. The molecule has 7 heteroatoms. The van der Waals surface area contributed by atoms with Gasteiger partial charge in [-0.05, 0) is 53.4 Å². The van der Waals surface area contributed by atoms with E-state index in [1.54, 1.807) is 0 Å². The van der Waals surface area contributed by atoms with E-state index in [1.165, 1.54) is 14.2 Å². The first-order valence-electron chi connectivity index (χ1n) is 9.80. The summed E-state index contributed by atoms with van der Waals surface area (Å²) in [5.74, 6) is -1.12. The lowest BCUT2D eigenvalue weighted by Crippen LogP contribution is -2.41. The summed E-state index contributed by atoms with van der Waals surface area (Å²) in [6, 6.07) is 0. The molecule has 1 aliphatic carbocycles. The lowest BCUT2D eigenvalue weighted by Gasteiger charge is -2.32. The maximum absolute atomic E-state index is 12.4. The summed E-state index contributed by atoms with van der Waals surface area (Å²) in [5, 5.41) is 0. The number of carbonyl (C=O) groups excluding carboxylic acids is 2. The highest BCUT2D eigenvalue weighted by Gasteiger charge is 2.55. The van der Waals surface area contributed by atoms with Crippen molar-refractivity contribution in [3.63, 3.8) is 0 Å². The van der Waals surface area contributed by atoms with Gasteiger partial charge in [0.25, 0.3) is 0 Å². The van der Waals surface area contributed by atoms with Gasteiger partial charge in [-0.3, -0.25) is 9.59 Å². The van der Waals surface area contributed by atoms with Crippen LogP contribution >= 0.6 is 0 Å². The highest BCUT2D eigenvalue weighted by Crippen LogP contribution is 2.48. The fraction of sp³-hybridized carbons (Fsp3) is 0.714. The summed E-state index contributed by atoms with van der Waals surface area (Å²) >= 11 is 0. The summed E-state index contributed by atoms with van der Waals surface area (Å²) in [4.78, 5) is 24.8. The predicted molar refractivity (Wildman–Crippen MR) is 108 cm³/mol. The smallest absolute Gasteiger partial charge is 0.464 e. The van der Waals surface area contributed by atoms with Crippen LogP contribution in [0.2, 0.25) is 5.82 Å². The Bertz CT molecular complexity index is 646. The minimum absolute atomic E-state index is 0.0189. The van der Waals surface area contributed by atoms with Gasteiger partial charge >= 0.3 is 19.1 Å². The average Bonchev–Trinajstić information content (AvgIpc) is 3.13. The predicted octanol–water partition coefficient (Wildman–Crippen LogP) is 3.71. The first-order valence-corrected chi connectivity index (χ1v) is 9.80. The van der Waals surface area contributed by atoms with Crippen molar-refractivity contribution in [2.24, 2.45) is 11.3 Å². The van der Waals surface area contributed by atoms with E-state index in [9.17, 15) is 9.59 Å². The molecule has 28 heavy (non-hydrogen) atoms. The van der Waals surface area contributed by atoms with Gasteiger partial charge in [-0.15, -0.1) is 0 Å². The van der Waals surface area contributed by atoms with Crippen LogP contribution in [0.4, 0.5) is 0 Å². The number of esters is 2. The molecule has 2 atom stereocenters. The van der Waals surface area contributed by atoms with E-state index in [4.69, 9.17) is 18.8 Å². The van der Waals surface area contributed by atoms with Crippen LogP contribution < -0.4 is 0 Å². The summed E-state index contributed by atoms with van der Waals surface area (Å²) in [7, 11) is 2.25. The third-order valence-electron chi connectivity index (χ3n) is 6.42. The SMILES string of the molecule is C/C=C1\CC(C(=O)OC)(C(=O)OC)CC1/C=C/C(C)B1OC(C)(C)C(C)(C)O1. The zero-order valence-corrected chi connectivity index (χ0v) is 18.3. The molecule has 1 heterocycles. The number of allylic oxidation sites excluding steroid dienone is 4.